The van der Waals surface area contributed by atoms with E-state index in [2.05, 4.69) is 47.9 Å². The van der Waals surface area contributed by atoms with Gasteiger partial charge in [-0.05, 0) is 144 Å². The Balaban J connectivity index is 1.04. The molecule has 2 aromatic carbocycles. The van der Waals surface area contributed by atoms with Gasteiger partial charge in [0.15, 0.2) is 11.6 Å². The first-order valence-electron chi connectivity index (χ1n) is 18.0. The van der Waals surface area contributed by atoms with Crippen LogP contribution in [0.15, 0.2) is 46.2 Å². The van der Waals surface area contributed by atoms with Crippen LogP contribution in [0.25, 0.3) is 0 Å². The van der Waals surface area contributed by atoms with Crippen LogP contribution in [0.2, 0.25) is 0 Å². The summed E-state index contributed by atoms with van der Waals surface area (Å²) in [4.78, 5) is 33.8. The Morgan fingerprint density at radius 3 is 1.50 bits per heavy atom. The zero-order valence-corrected chi connectivity index (χ0v) is 28.4. The second-order valence-electron chi connectivity index (χ2n) is 13.8. The average Bonchev–Trinajstić information content (AvgIpc) is 3.05. The molecule has 4 nitrogen and oxygen atoms in total. The standard InChI is InChI=1S/C39H56N2O2S/c1-3-9-30-17-23-40(24-18-30)21-7-5-11-36(42)32-13-15-38-34(27-32)29-35-28-33(14-16-39(35)44-38)37(43)12-6-8-22-41-25-19-31(10-4-2)20-26-41/h13-16,27-28,30-31H,3-12,17-26,29H2,1-2H3. The number of unbranched alkanes of at least 4 members (excludes halogenated alkanes) is 2. The van der Waals surface area contributed by atoms with Gasteiger partial charge in [-0.1, -0.05) is 63.4 Å². The molecule has 2 saturated heterocycles. The van der Waals surface area contributed by atoms with Crippen molar-refractivity contribution in [2.75, 3.05) is 39.3 Å². The Morgan fingerprint density at radius 1 is 0.659 bits per heavy atom. The van der Waals surface area contributed by atoms with E-state index in [1.54, 1.807) is 11.8 Å². The molecule has 240 valence electrons. The minimum absolute atomic E-state index is 0.263. The molecular formula is C39H56N2O2S. The fourth-order valence-corrected chi connectivity index (χ4v) is 8.68. The molecule has 44 heavy (non-hydrogen) atoms. The number of carbonyl (C=O) groups is 2. The summed E-state index contributed by atoms with van der Waals surface area (Å²) >= 11 is 1.77. The van der Waals surface area contributed by atoms with Crippen molar-refractivity contribution in [1.29, 1.82) is 0 Å². The Bertz CT molecular complexity index is 1130. The first-order valence-corrected chi connectivity index (χ1v) is 18.8. The molecular weight excluding hydrogens is 561 g/mol. The van der Waals surface area contributed by atoms with Crippen LogP contribution in [0.4, 0.5) is 0 Å². The van der Waals surface area contributed by atoms with E-state index in [1.165, 1.54) is 98.5 Å². The van der Waals surface area contributed by atoms with Gasteiger partial charge >= 0.3 is 0 Å². The van der Waals surface area contributed by atoms with Gasteiger partial charge in [0.1, 0.15) is 0 Å². The van der Waals surface area contributed by atoms with Crippen molar-refractivity contribution in [3.05, 3.63) is 58.7 Å². The van der Waals surface area contributed by atoms with Crippen molar-refractivity contribution in [1.82, 2.24) is 9.80 Å². The predicted molar refractivity (Wildman–Crippen MR) is 184 cm³/mol. The van der Waals surface area contributed by atoms with Gasteiger partial charge in [-0.15, -0.1) is 0 Å². The number of likely N-dealkylation sites (tertiary alicyclic amines) is 2. The molecule has 0 unspecified atom stereocenters. The highest BCUT2D eigenvalue weighted by Gasteiger charge is 2.21. The fraction of sp³-hybridized carbons (Fsp3) is 0.641. The third-order valence-electron chi connectivity index (χ3n) is 10.4. The van der Waals surface area contributed by atoms with Gasteiger partial charge in [0, 0.05) is 33.8 Å². The zero-order chi connectivity index (χ0) is 30.7. The van der Waals surface area contributed by atoms with Crippen LogP contribution in [0.5, 0.6) is 0 Å². The predicted octanol–water partition coefficient (Wildman–Crippen LogP) is 9.47. The van der Waals surface area contributed by atoms with Crippen LogP contribution in [0.1, 0.15) is 136 Å². The molecule has 3 aliphatic rings. The van der Waals surface area contributed by atoms with Gasteiger partial charge in [0.05, 0.1) is 0 Å². The summed E-state index contributed by atoms with van der Waals surface area (Å²) in [6.45, 7) is 11.8. The van der Waals surface area contributed by atoms with E-state index in [0.717, 1.165) is 68.2 Å². The van der Waals surface area contributed by atoms with Gasteiger partial charge in [-0.3, -0.25) is 9.59 Å². The van der Waals surface area contributed by atoms with Crippen LogP contribution in [0, 0.1) is 11.8 Å². The summed E-state index contributed by atoms with van der Waals surface area (Å²) in [5, 5.41) is 0. The van der Waals surface area contributed by atoms with E-state index in [1.807, 2.05) is 12.1 Å². The van der Waals surface area contributed by atoms with Crippen LogP contribution in [-0.4, -0.2) is 60.6 Å². The number of hydrogen-bond donors (Lipinski definition) is 0. The lowest BCUT2D eigenvalue weighted by Crippen LogP contribution is -2.34. The van der Waals surface area contributed by atoms with Gasteiger partial charge < -0.3 is 9.80 Å². The van der Waals surface area contributed by atoms with Crippen molar-refractivity contribution in [3.63, 3.8) is 0 Å². The Kier molecular flexibility index (Phi) is 13.0. The largest absolute Gasteiger partial charge is 0.303 e. The highest BCUT2D eigenvalue weighted by molar-refractivity contribution is 7.99. The first kappa shape index (κ1) is 33.4. The monoisotopic (exact) mass is 616 g/mol. The summed E-state index contributed by atoms with van der Waals surface area (Å²) in [5.74, 6) is 2.38. The lowest BCUT2D eigenvalue weighted by molar-refractivity contribution is 0.0968. The maximum atomic E-state index is 13.1. The molecule has 2 aromatic rings. The topological polar surface area (TPSA) is 40.6 Å². The molecule has 3 aliphatic heterocycles. The molecule has 0 spiro atoms. The molecule has 3 heterocycles. The quantitative estimate of drug-likeness (QED) is 0.118. The first-order chi connectivity index (χ1) is 21.5. The molecule has 0 atom stereocenters. The van der Waals surface area contributed by atoms with E-state index in [9.17, 15) is 9.59 Å². The van der Waals surface area contributed by atoms with Crippen molar-refractivity contribution in [2.45, 2.75) is 120 Å². The second-order valence-corrected chi connectivity index (χ2v) is 14.9. The van der Waals surface area contributed by atoms with Gasteiger partial charge in [-0.25, -0.2) is 0 Å². The van der Waals surface area contributed by atoms with E-state index >= 15 is 0 Å². The van der Waals surface area contributed by atoms with E-state index in [0.29, 0.717) is 12.8 Å². The molecule has 0 aromatic heterocycles. The van der Waals surface area contributed by atoms with Gasteiger partial charge in [-0.2, -0.15) is 0 Å². The Hall–Kier alpha value is -1.95. The number of ketones is 2. The van der Waals surface area contributed by atoms with E-state index in [-0.39, 0.29) is 11.6 Å². The Morgan fingerprint density at radius 2 is 1.09 bits per heavy atom. The molecule has 0 N–H and O–H groups in total. The zero-order valence-electron chi connectivity index (χ0n) is 27.6. The van der Waals surface area contributed by atoms with Crippen molar-refractivity contribution >= 4 is 23.3 Å². The third kappa shape index (κ3) is 9.53. The molecule has 0 aliphatic carbocycles. The average molecular weight is 617 g/mol. The summed E-state index contributed by atoms with van der Waals surface area (Å²) in [5.41, 5.74) is 4.12. The minimum Gasteiger partial charge on any atom is -0.303 e. The van der Waals surface area contributed by atoms with Crippen LogP contribution in [-0.2, 0) is 6.42 Å². The fourth-order valence-electron chi connectivity index (χ4n) is 7.65. The minimum atomic E-state index is 0.263. The number of nitrogens with zero attached hydrogens (tertiary/aromatic N) is 2. The smallest absolute Gasteiger partial charge is 0.162 e. The molecule has 0 saturated carbocycles. The number of fused-ring (bicyclic) bond motifs is 2. The number of carbonyl (C=O) groups excluding carboxylic acids is 2. The lowest BCUT2D eigenvalue weighted by Gasteiger charge is -2.31. The van der Waals surface area contributed by atoms with Crippen molar-refractivity contribution in [2.24, 2.45) is 11.8 Å². The third-order valence-corrected chi connectivity index (χ3v) is 11.7. The maximum absolute atomic E-state index is 13.1. The van der Waals surface area contributed by atoms with Gasteiger partial charge in [0.25, 0.3) is 0 Å². The molecule has 0 radical (unpaired) electrons. The highest BCUT2D eigenvalue weighted by atomic mass is 32.2. The summed E-state index contributed by atoms with van der Waals surface area (Å²) < 4.78 is 0. The number of benzene rings is 2. The number of piperidine rings is 2. The summed E-state index contributed by atoms with van der Waals surface area (Å²) in [6, 6.07) is 12.5. The summed E-state index contributed by atoms with van der Waals surface area (Å²) in [7, 11) is 0. The molecule has 2 fully saturated rings. The number of hydrogen-bond acceptors (Lipinski definition) is 5. The Labute approximate surface area is 271 Å². The van der Waals surface area contributed by atoms with Crippen LogP contribution in [0.3, 0.4) is 0 Å². The van der Waals surface area contributed by atoms with E-state index < -0.39 is 0 Å². The van der Waals surface area contributed by atoms with Crippen molar-refractivity contribution in [3.8, 4) is 0 Å². The maximum Gasteiger partial charge on any atom is 0.162 e. The molecule has 5 rings (SSSR count). The van der Waals surface area contributed by atoms with Crippen molar-refractivity contribution < 1.29 is 9.59 Å². The second kappa shape index (κ2) is 17.1. The number of rotatable bonds is 16. The SMILES string of the molecule is CCCC1CCN(CCCCC(=O)c2ccc3c(c2)Cc2cc(C(=O)CCCCN4CCC(CCC)CC4)ccc2S3)CC1. The number of Topliss-reactive ketones (excluding diaryl/α,β-unsaturated/α-hetero) is 2. The van der Waals surface area contributed by atoms with Crippen LogP contribution < -0.4 is 0 Å². The highest BCUT2D eigenvalue weighted by Crippen LogP contribution is 2.40. The van der Waals surface area contributed by atoms with Gasteiger partial charge in [0.2, 0.25) is 0 Å². The van der Waals surface area contributed by atoms with E-state index in [4.69, 9.17) is 0 Å². The summed E-state index contributed by atoms with van der Waals surface area (Å²) in [6.07, 6.45) is 16.9. The molecule has 5 heteroatoms. The lowest BCUT2D eigenvalue weighted by atomic mass is 9.92. The molecule has 0 bridgehead atoms. The normalized spacial score (nSPS) is 18.2. The molecule has 0 amide bonds. The van der Waals surface area contributed by atoms with Crippen LogP contribution >= 0.6 is 11.8 Å².